The van der Waals surface area contributed by atoms with E-state index in [0.717, 1.165) is 5.46 Å². The number of ether oxygens (including phenoxy) is 1. The molecule has 21 heavy (non-hydrogen) atoms. The van der Waals surface area contributed by atoms with Gasteiger partial charge in [0.2, 0.25) is 0 Å². The molecule has 1 heterocycles. The Labute approximate surface area is 126 Å². The first-order valence-electron chi connectivity index (χ1n) is 6.97. The molecule has 0 radical (unpaired) electrons. The van der Waals surface area contributed by atoms with E-state index in [1.165, 1.54) is 4.90 Å². The van der Waals surface area contributed by atoms with Crippen LogP contribution in [0.3, 0.4) is 0 Å². The van der Waals surface area contributed by atoms with E-state index in [9.17, 15) is 4.79 Å². The van der Waals surface area contributed by atoms with Gasteiger partial charge in [-0.25, -0.2) is 4.79 Å². The van der Waals surface area contributed by atoms with Crippen molar-refractivity contribution in [2.75, 3.05) is 14.1 Å². The maximum absolute atomic E-state index is 11.6. The summed E-state index contributed by atoms with van der Waals surface area (Å²) in [6, 6.07) is 7.22. The molecule has 0 N–H and O–H groups in total. The van der Waals surface area contributed by atoms with E-state index >= 15 is 0 Å². The third-order valence-electron chi connectivity index (χ3n) is 3.95. The normalized spacial score (nSPS) is 19.4. The summed E-state index contributed by atoms with van der Waals surface area (Å²) >= 11 is 0. The molecule has 2 rings (SSSR count). The first-order chi connectivity index (χ1) is 9.62. The molecule has 0 saturated carbocycles. The predicted molar refractivity (Wildman–Crippen MR) is 81.9 cm³/mol. The van der Waals surface area contributed by atoms with E-state index in [4.69, 9.17) is 14.0 Å². The predicted octanol–water partition coefficient (Wildman–Crippen LogP) is 2.05. The lowest BCUT2D eigenvalue weighted by Crippen LogP contribution is -2.41. The summed E-state index contributed by atoms with van der Waals surface area (Å²) in [6.07, 6.45) is -0.416. The summed E-state index contributed by atoms with van der Waals surface area (Å²) in [5.41, 5.74) is 0.0415. The van der Waals surface area contributed by atoms with Crippen molar-refractivity contribution in [2.24, 2.45) is 0 Å². The number of nitrogens with zero attached hydrogens (tertiary/aromatic N) is 1. The van der Waals surface area contributed by atoms with Crippen LogP contribution in [0.1, 0.15) is 27.7 Å². The van der Waals surface area contributed by atoms with E-state index in [1.54, 1.807) is 26.2 Å². The zero-order valence-electron chi connectivity index (χ0n) is 13.5. The molecule has 0 atom stereocenters. The Kier molecular flexibility index (Phi) is 4.04. The highest BCUT2D eigenvalue weighted by molar-refractivity contribution is 6.62. The quantitative estimate of drug-likeness (QED) is 0.782. The molecule has 0 unspecified atom stereocenters. The third kappa shape index (κ3) is 3.22. The molecule has 6 heteroatoms. The van der Waals surface area contributed by atoms with E-state index in [-0.39, 0.29) is 0 Å². The van der Waals surface area contributed by atoms with Crippen LogP contribution < -0.4 is 10.2 Å². The zero-order chi connectivity index (χ0) is 15.8. The van der Waals surface area contributed by atoms with Crippen molar-refractivity contribution in [3.05, 3.63) is 24.3 Å². The van der Waals surface area contributed by atoms with Crippen molar-refractivity contribution in [1.29, 1.82) is 0 Å². The van der Waals surface area contributed by atoms with Gasteiger partial charge in [0, 0.05) is 14.1 Å². The minimum absolute atomic E-state index is 0.395. The first kappa shape index (κ1) is 15.9. The van der Waals surface area contributed by atoms with Gasteiger partial charge >= 0.3 is 13.2 Å². The smallest absolute Gasteiger partial charge is 0.410 e. The number of hydrogen-bond acceptors (Lipinski definition) is 4. The van der Waals surface area contributed by atoms with Gasteiger partial charge in [0.15, 0.2) is 0 Å². The van der Waals surface area contributed by atoms with Crippen LogP contribution in [-0.4, -0.2) is 43.4 Å². The number of carbonyl (C=O) groups excluding carboxylic acids is 1. The van der Waals surface area contributed by atoms with Crippen LogP contribution in [0.2, 0.25) is 0 Å². The molecule has 1 aromatic rings. The molecular formula is C15H22BNO4. The van der Waals surface area contributed by atoms with Crippen LogP contribution in [0, 0.1) is 0 Å². The zero-order valence-corrected chi connectivity index (χ0v) is 13.5. The average molecular weight is 291 g/mol. The Balaban J connectivity index is 2.18. The highest BCUT2D eigenvalue weighted by Crippen LogP contribution is 2.36. The van der Waals surface area contributed by atoms with Crippen LogP contribution in [0.25, 0.3) is 0 Å². The molecule has 1 fully saturated rings. The van der Waals surface area contributed by atoms with Gasteiger partial charge in [0.25, 0.3) is 0 Å². The van der Waals surface area contributed by atoms with Crippen molar-refractivity contribution in [1.82, 2.24) is 4.90 Å². The van der Waals surface area contributed by atoms with Gasteiger partial charge in [-0.05, 0) is 45.3 Å². The van der Waals surface area contributed by atoms with E-state index in [0.29, 0.717) is 5.75 Å². The third-order valence-corrected chi connectivity index (χ3v) is 3.95. The molecular weight excluding hydrogens is 269 g/mol. The summed E-state index contributed by atoms with van der Waals surface area (Å²) in [4.78, 5) is 13.0. The lowest BCUT2D eigenvalue weighted by molar-refractivity contribution is 0.00578. The molecule has 114 valence electrons. The standard InChI is InChI=1S/C15H22BNO4/c1-14(2)15(3,4)21-16(20-14)11-8-7-9-12(10-11)19-13(18)17(5)6/h7-10H,1-6H3. The SMILES string of the molecule is CN(C)C(=O)Oc1cccc(B2OC(C)(C)C(C)(C)O2)c1. The second kappa shape index (κ2) is 5.35. The van der Waals surface area contributed by atoms with Gasteiger partial charge in [0.05, 0.1) is 11.2 Å². The van der Waals surface area contributed by atoms with E-state index in [2.05, 4.69) is 0 Å². The van der Waals surface area contributed by atoms with Crippen LogP contribution in [0.15, 0.2) is 24.3 Å². The summed E-state index contributed by atoms with van der Waals surface area (Å²) in [6.45, 7) is 8.01. The van der Waals surface area contributed by atoms with Crippen molar-refractivity contribution < 1.29 is 18.8 Å². The van der Waals surface area contributed by atoms with Crippen LogP contribution in [0.5, 0.6) is 5.75 Å². The van der Waals surface area contributed by atoms with Gasteiger partial charge < -0.3 is 18.9 Å². The molecule has 0 aromatic heterocycles. The van der Waals surface area contributed by atoms with Crippen molar-refractivity contribution >= 4 is 18.7 Å². The van der Waals surface area contributed by atoms with Crippen molar-refractivity contribution in [3.8, 4) is 5.75 Å². The lowest BCUT2D eigenvalue weighted by atomic mass is 9.79. The minimum Gasteiger partial charge on any atom is -0.410 e. The first-order valence-corrected chi connectivity index (χ1v) is 6.97. The van der Waals surface area contributed by atoms with Crippen LogP contribution in [0.4, 0.5) is 4.79 Å². The molecule has 1 amide bonds. The summed E-state index contributed by atoms with van der Waals surface area (Å²) in [5, 5.41) is 0. The fourth-order valence-electron chi connectivity index (χ4n) is 1.90. The number of hydrogen-bond donors (Lipinski definition) is 0. The fourth-order valence-corrected chi connectivity index (χ4v) is 1.90. The number of benzene rings is 1. The van der Waals surface area contributed by atoms with E-state index in [1.807, 2.05) is 39.8 Å². The number of amides is 1. The Morgan fingerprint density at radius 3 is 2.24 bits per heavy atom. The van der Waals surface area contributed by atoms with Crippen LogP contribution in [-0.2, 0) is 9.31 Å². The number of rotatable bonds is 2. The number of carbonyl (C=O) groups is 1. The molecule has 0 aliphatic carbocycles. The second-order valence-corrected chi connectivity index (χ2v) is 6.42. The summed E-state index contributed by atoms with van der Waals surface area (Å²) in [5.74, 6) is 0.473. The van der Waals surface area contributed by atoms with Crippen molar-refractivity contribution in [3.63, 3.8) is 0 Å². The van der Waals surface area contributed by atoms with Gasteiger partial charge in [-0.3, -0.25) is 0 Å². The minimum atomic E-state index is -0.465. The molecule has 0 spiro atoms. The highest BCUT2D eigenvalue weighted by Gasteiger charge is 2.51. The summed E-state index contributed by atoms with van der Waals surface area (Å²) in [7, 11) is 2.81. The Morgan fingerprint density at radius 2 is 1.71 bits per heavy atom. The fraction of sp³-hybridized carbons (Fsp3) is 0.533. The van der Waals surface area contributed by atoms with Gasteiger partial charge in [-0.2, -0.15) is 0 Å². The Bertz CT molecular complexity index is 526. The molecule has 1 aliphatic heterocycles. The maximum atomic E-state index is 11.6. The largest absolute Gasteiger partial charge is 0.494 e. The van der Waals surface area contributed by atoms with E-state index < -0.39 is 24.4 Å². The monoisotopic (exact) mass is 291 g/mol. The highest BCUT2D eigenvalue weighted by atomic mass is 16.7. The maximum Gasteiger partial charge on any atom is 0.494 e. The van der Waals surface area contributed by atoms with Crippen LogP contribution >= 0.6 is 0 Å². The molecule has 1 aromatic carbocycles. The Hall–Kier alpha value is -1.53. The summed E-state index contributed by atoms with van der Waals surface area (Å²) < 4.78 is 17.2. The second-order valence-electron chi connectivity index (χ2n) is 6.42. The van der Waals surface area contributed by atoms with Gasteiger partial charge in [-0.15, -0.1) is 0 Å². The topological polar surface area (TPSA) is 48.0 Å². The Morgan fingerprint density at radius 1 is 1.14 bits per heavy atom. The van der Waals surface area contributed by atoms with Crippen molar-refractivity contribution in [2.45, 2.75) is 38.9 Å². The molecule has 1 saturated heterocycles. The lowest BCUT2D eigenvalue weighted by Gasteiger charge is -2.32. The van der Waals surface area contributed by atoms with Gasteiger partial charge in [0.1, 0.15) is 5.75 Å². The average Bonchev–Trinajstić information content (AvgIpc) is 2.58. The molecule has 5 nitrogen and oxygen atoms in total. The van der Waals surface area contributed by atoms with Gasteiger partial charge in [-0.1, -0.05) is 12.1 Å². The molecule has 1 aliphatic rings. The molecule has 0 bridgehead atoms.